The molecule has 1 unspecified atom stereocenters. The molecule has 0 aliphatic carbocycles. The van der Waals surface area contributed by atoms with Crippen molar-refractivity contribution in [1.82, 2.24) is 25.3 Å². The second-order valence-electron chi connectivity index (χ2n) is 6.14. The number of methoxy groups -OCH3 is 2. The highest BCUT2D eigenvalue weighted by Crippen LogP contribution is 2.29. The summed E-state index contributed by atoms with van der Waals surface area (Å²) in [6, 6.07) is 8.01. The van der Waals surface area contributed by atoms with Gasteiger partial charge in [-0.1, -0.05) is 0 Å². The number of nitrogens with one attached hydrogen (secondary N) is 2. The van der Waals surface area contributed by atoms with Gasteiger partial charge in [-0.25, -0.2) is 9.78 Å². The van der Waals surface area contributed by atoms with Gasteiger partial charge in [0, 0.05) is 17.7 Å². The largest absolute Gasteiger partial charge is 0.497 e. The van der Waals surface area contributed by atoms with E-state index in [1.807, 2.05) is 19.1 Å². The van der Waals surface area contributed by atoms with Crippen molar-refractivity contribution in [1.29, 1.82) is 0 Å². The van der Waals surface area contributed by atoms with Crippen molar-refractivity contribution in [3.63, 3.8) is 0 Å². The topological polar surface area (TPSA) is 111 Å². The van der Waals surface area contributed by atoms with Crippen molar-refractivity contribution in [2.24, 2.45) is 0 Å². The number of carbonyl (C=O) groups excluding carboxylic acids is 1. The lowest BCUT2D eigenvalue weighted by molar-refractivity contribution is 0.0939. The second-order valence-corrected chi connectivity index (χ2v) is 6.14. The molecule has 9 nitrogen and oxygen atoms in total. The Bertz CT molecular complexity index is 1040. The van der Waals surface area contributed by atoms with Crippen LogP contribution in [0.3, 0.4) is 0 Å². The maximum Gasteiger partial charge on any atom is 0.264 e. The van der Waals surface area contributed by atoms with Crippen LogP contribution >= 0.6 is 0 Å². The summed E-state index contributed by atoms with van der Waals surface area (Å²) in [5.74, 6) is 1.43. The minimum absolute atomic E-state index is 0.279. The molecule has 2 N–H and O–H groups in total. The molecule has 2 aromatic heterocycles. The third-order valence-corrected chi connectivity index (χ3v) is 4.39. The quantitative estimate of drug-likeness (QED) is 0.671. The van der Waals surface area contributed by atoms with E-state index in [1.54, 1.807) is 27.2 Å². The SMILES string of the molecule is COc1ccc(C(C)NC(=O)c2cnn(-c3ccc(=O)[nH]n3)c2C)c(OC)c1. The number of rotatable bonds is 6. The van der Waals surface area contributed by atoms with Crippen molar-refractivity contribution in [2.75, 3.05) is 14.2 Å². The zero-order valence-corrected chi connectivity index (χ0v) is 16.0. The number of aromatic nitrogens is 4. The smallest absolute Gasteiger partial charge is 0.264 e. The number of amides is 1. The Morgan fingerprint density at radius 3 is 2.64 bits per heavy atom. The Labute approximate surface area is 161 Å². The van der Waals surface area contributed by atoms with Crippen LogP contribution in [-0.2, 0) is 0 Å². The highest BCUT2D eigenvalue weighted by molar-refractivity contribution is 5.95. The fourth-order valence-electron chi connectivity index (χ4n) is 2.85. The van der Waals surface area contributed by atoms with Gasteiger partial charge in [0.1, 0.15) is 11.5 Å². The average molecular weight is 383 g/mol. The van der Waals surface area contributed by atoms with Crippen molar-refractivity contribution in [3.05, 3.63) is 63.7 Å². The fourth-order valence-corrected chi connectivity index (χ4v) is 2.85. The molecule has 0 bridgehead atoms. The Morgan fingerprint density at radius 1 is 1.21 bits per heavy atom. The molecule has 3 rings (SSSR count). The lowest BCUT2D eigenvalue weighted by Gasteiger charge is -2.18. The summed E-state index contributed by atoms with van der Waals surface area (Å²) >= 11 is 0. The lowest BCUT2D eigenvalue weighted by Crippen LogP contribution is -2.27. The molecule has 146 valence electrons. The number of hydrogen-bond acceptors (Lipinski definition) is 6. The highest BCUT2D eigenvalue weighted by Gasteiger charge is 2.20. The average Bonchev–Trinajstić information content (AvgIpc) is 3.09. The van der Waals surface area contributed by atoms with E-state index in [0.29, 0.717) is 28.6 Å². The molecule has 1 aromatic carbocycles. The molecule has 0 aliphatic rings. The third kappa shape index (κ3) is 3.73. The Morgan fingerprint density at radius 2 is 2.00 bits per heavy atom. The van der Waals surface area contributed by atoms with Gasteiger partial charge in [-0.2, -0.15) is 10.2 Å². The number of ether oxygens (including phenoxy) is 2. The zero-order valence-electron chi connectivity index (χ0n) is 16.0. The Balaban J connectivity index is 1.82. The Kier molecular flexibility index (Phi) is 5.44. The van der Waals surface area contributed by atoms with Crippen LogP contribution in [0.4, 0.5) is 0 Å². The lowest BCUT2D eigenvalue weighted by atomic mass is 10.1. The number of benzene rings is 1. The number of carbonyl (C=O) groups is 1. The van der Waals surface area contributed by atoms with Crippen LogP contribution in [0.2, 0.25) is 0 Å². The molecule has 1 atom stereocenters. The number of hydrogen-bond donors (Lipinski definition) is 2. The number of nitrogens with zero attached hydrogens (tertiary/aromatic N) is 3. The van der Waals surface area contributed by atoms with Crippen LogP contribution in [0.15, 0.2) is 41.3 Å². The predicted molar refractivity (Wildman–Crippen MR) is 102 cm³/mol. The summed E-state index contributed by atoms with van der Waals surface area (Å²) in [4.78, 5) is 23.9. The van der Waals surface area contributed by atoms with Crippen molar-refractivity contribution in [3.8, 4) is 17.3 Å². The van der Waals surface area contributed by atoms with Gasteiger partial charge in [0.2, 0.25) is 0 Å². The number of H-pyrrole nitrogens is 1. The van der Waals surface area contributed by atoms with E-state index in [0.717, 1.165) is 5.56 Å². The monoisotopic (exact) mass is 383 g/mol. The van der Waals surface area contributed by atoms with E-state index in [2.05, 4.69) is 20.6 Å². The summed E-state index contributed by atoms with van der Waals surface area (Å²) in [7, 11) is 3.15. The van der Waals surface area contributed by atoms with E-state index in [4.69, 9.17) is 9.47 Å². The van der Waals surface area contributed by atoms with Crippen LogP contribution < -0.4 is 20.3 Å². The van der Waals surface area contributed by atoms with Crippen LogP contribution in [0, 0.1) is 6.92 Å². The molecule has 2 heterocycles. The zero-order chi connectivity index (χ0) is 20.3. The van der Waals surface area contributed by atoms with Gasteiger partial charge in [-0.3, -0.25) is 9.59 Å². The van der Waals surface area contributed by atoms with Gasteiger partial charge < -0.3 is 14.8 Å². The van der Waals surface area contributed by atoms with Crippen LogP contribution in [0.1, 0.15) is 34.6 Å². The minimum atomic E-state index is -0.311. The molecular formula is C19H21N5O4. The first-order valence-corrected chi connectivity index (χ1v) is 8.58. The van der Waals surface area contributed by atoms with Gasteiger partial charge in [-0.05, 0) is 32.0 Å². The molecule has 0 saturated heterocycles. The van der Waals surface area contributed by atoms with Gasteiger partial charge in [0.05, 0.1) is 37.7 Å². The van der Waals surface area contributed by atoms with E-state index in [9.17, 15) is 9.59 Å². The maximum absolute atomic E-state index is 12.8. The summed E-state index contributed by atoms with van der Waals surface area (Å²) in [6.07, 6.45) is 1.47. The van der Waals surface area contributed by atoms with Crippen molar-refractivity contribution < 1.29 is 14.3 Å². The summed E-state index contributed by atoms with van der Waals surface area (Å²) < 4.78 is 12.1. The summed E-state index contributed by atoms with van der Waals surface area (Å²) in [6.45, 7) is 3.62. The van der Waals surface area contributed by atoms with Gasteiger partial charge in [-0.15, -0.1) is 0 Å². The molecule has 0 radical (unpaired) electrons. The summed E-state index contributed by atoms with van der Waals surface area (Å²) in [5, 5.41) is 13.4. The maximum atomic E-state index is 12.8. The Hall–Kier alpha value is -3.62. The molecule has 0 fully saturated rings. The first-order chi connectivity index (χ1) is 13.4. The van der Waals surface area contributed by atoms with E-state index in [-0.39, 0.29) is 17.5 Å². The van der Waals surface area contributed by atoms with E-state index >= 15 is 0 Å². The molecule has 28 heavy (non-hydrogen) atoms. The normalized spacial score (nSPS) is 11.7. The summed E-state index contributed by atoms with van der Waals surface area (Å²) in [5.41, 5.74) is 1.52. The van der Waals surface area contributed by atoms with Gasteiger partial charge in [0.15, 0.2) is 5.82 Å². The molecule has 3 aromatic rings. The van der Waals surface area contributed by atoms with Crippen LogP contribution in [-0.4, -0.2) is 40.1 Å². The predicted octanol–water partition coefficient (Wildman–Crippen LogP) is 1.77. The number of aromatic amines is 1. The minimum Gasteiger partial charge on any atom is -0.497 e. The van der Waals surface area contributed by atoms with E-state index < -0.39 is 0 Å². The fraction of sp³-hybridized carbons (Fsp3) is 0.263. The van der Waals surface area contributed by atoms with E-state index in [1.165, 1.54) is 23.0 Å². The van der Waals surface area contributed by atoms with Crippen molar-refractivity contribution in [2.45, 2.75) is 19.9 Å². The molecular weight excluding hydrogens is 362 g/mol. The van der Waals surface area contributed by atoms with Crippen LogP contribution in [0.5, 0.6) is 11.5 Å². The first-order valence-electron chi connectivity index (χ1n) is 8.58. The molecule has 9 heteroatoms. The molecule has 0 saturated carbocycles. The molecule has 0 aliphatic heterocycles. The van der Waals surface area contributed by atoms with Crippen LogP contribution in [0.25, 0.3) is 5.82 Å². The van der Waals surface area contributed by atoms with Gasteiger partial charge >= 0.3 is 0 Å². The third-order valence-electron chi connectivity index (χ3n) is 4.39. The molecule has 0 spiro atoms. The van der Waals surface area contributed by atoms with Gasteiger partial charge in [0.25, 0.3) is 11.5 Å². The van der Waals surface area contributed by atoms with Crippen molar-refractivity contribution >= 4 is 5.91 Å². The highest BCUT2D eigenvalue weighted by atomic mass is 16.5. The first kappa shape index (κ1) is 19.2. The second kappa shape index (κ2) is 7.95. The standard InChI is InChI=1S/C19H21N5O4/c1-11(14-6-5-13(27-3)9-16(14)28-4)21-19(26)15-10-20-24(12(15)2)17-7-8-18(25)23-22-17/h5-11H,1-4H3,(H,21,26)(H,23,25). The molecule has 1 amide bonds.